The van der Waals surface area contributed by atoms with Crippen molar-refractivity contribution in [2.75, 3.05) is 14.2 Å². The molecule has 0 fully saturated rings. The van der Waals surface area contributed by atoms with Crippen molar-refractivity contribution in [2.45, 2.75) is 25.7 Å². The summed E-state index contributed by atoms with van der Waals surface area (Å²) in [5.74, 6) is 1.37. The van der Waals surface area contributed by atoms with Crippen molar-refractivity contribution < 1.29 is 9.47 Å². The first kappa shape index (κ1) is 15.9. The van der Waals surface area contributed by atoms with Crippen LogP contribution in [-0.4, -0.2) is 14.2 Å². The van der Waals surface area contributed by atoms with Gasteiger partial charge in [0.05, 0.1) is 26.2 Å². The Kier molecular flexibility index (Phi) is 5.43. The van der Waals surface area contributed by atoms with Crippen LogP contribution in [0.4, 0.5) is 0 Å². The topological polar surface area (TPSA) is 42.2 Å². The molecule has 0 aromatic heterocycles. The highest BCUT2D eigenvalue weighted by atomic mass is 16.5. The lowest BCUT2D eigenvalue weighted by molar-refractivity contribution is 0.407. The number of nitrogens with zero attached hydrogens (tertiary/aromatic N) is 1. The van der Waals surface area contributed by atoms with Crippen LogP contribution in [-0.2, 0) is 12.8 Å². The number of methoxy groups -OCH3 is 2. The summed E-state index contributed by atoms with van der Waals surface area (Å²) < 4.78 is 10.6. The second-order valence-electron chi connectivity index (χ2n) is 5.16. The molecule has 0 heterocycles. The molecule has 0 aliphatic heterocycles. The van der Waals surface area contributed by atoms with E-state index in [1.54, 1.807) is 14.2 Å². The van der Waals surface area contributed by atoms with Gasteiger partial charge in [0.25, 0.3) is 0 Å². The van der Waals surface area contributed by atoms with Gasteiger partial charge in [-0.1, -0.05) is 31.2 Å². The molecule has 0 radical (unpaired) electrons. The Morgan fingerprint density at radius 1 is 1.00 bits per heavy atom. The van der Waals surface area contributed by atoms with E-state index in [1.165, 1.54) is 5.56 Å². The van der Waals surface area contributed by atoms with Crippen molar-refractivity contribution in [3.8, 4) is 17.6 Å². The van der Waals surface area contributed by atoms with E-state index in [0.29, 0.717) is 6.42 Å². The standard InChI is InChI=1S/C19H21NO2/c1-4-14-7-10-19(22-3)18(12-14)16(13-20)11-15-5-8-17(21-2)9-6-15/h5-10,12,16H,4,11H2,1-3H3. The largest absolute Gasteiger partial charge is 0.497 e. The van der Waals surface area contributed by atoms with E-state index in [0.717, 1.165) is 29.0 Å². The number of aryl methyl sites for hydroxylation is 1. The van der Waals surface area contributed by atoms with Gasteiger partial charge in [-0.15, -0.1) is 0 Å². The predicted molar refractivity (Wildman–Crippen MR) is 87.4 cm³/mol. The van der Waals surface area contributed by atoms with Gasteiger partial charge in [-0.05, 0) is 42.2 Å². The normalized spacial score (nSPS) is 11.5. The number of rotatable bonds is 6. The molecule has 0 amide bonds. The molecule has 1 atom stereocenters. The Morgan fingerprint density at radius 3 is 2.23 bits per heavy atom. The first-order chi connectivity index (χ1) is 10.7. The highest BCUT2D eigenvalue weighted by molar-refractivity contribution is 5.43. The van der Waals surface area contributed by atoms with E-state index in [9.17, 15) is 5.26 Å². The van der Waals surface area contributed by atoms with Gasteiger partial charge in [0.15, 0.2) is 0 Å². The Bertz CT molecular complexity index is 656. The second kappa shape index (κ2) is 7.51. The monoisotopic (exact) mass is 295 g/mol. The van der Waals surface area contributed by atoms with E-state index in [4.69, 9.17) is 9.47 Å². The summed E-state index contributed by atoms with van der Waals surface area (Å²) in [7, 11) is 3.29. The van der Waals surface area contributed by atoms with Crippen molar-refractivity contribution in [3.05, 3.63) is 59.2 Å². The maximum absolute atomic E-state index is 9.59. The van der Waals surface area contributed by atoms with Crippen molar-refractivity contribution in [1.29, 1.82) is 5.26 Å². The molecule has 2 rings (SSSR count). The molecule has 0 spiro atoms. The van der Waals surface area contributed by atoms with Gasteiger partial charge in [0.2, 0.25) is 0 Å². The molecular formula is C19H21NO2. The molecule has 0 saturated carbocycles. The summed E-state index contributed by atoms with van der Waals surface area (Å²) in [6, 6.07) is 16.3. The summed E-state index contributed by atoms with van der Waals surface area (Å²) in [6.45, 7) is 2.11. The smallest absolute Gasteiger partial charge is 0.123 e. The van der Waals surface area contributed by atoms with Crippen molar-refractivity contribution >= 4 is 0 Å². The predicted octanol–water partition coefficient (Wildman–Crippen LogP) is 4.12. The molecule has 3 heteroatoms. The number of ether oxygens (including phenoxy) is 2. The minimum absolute atomic E-state index is 0.227. The van der Waals surface area contributed by atoms with E-state index in [-0.39, 0.29) is 5.92 Å². The van der Waals surface area contributed by atoms with Gasteiger partial charge in [0, 0.05) is 5.56 Å². The third-order valence-electron chi connectivity index (χ3n) is 3.83. The molecule has 0 bridgehead atoms. The Morgan fingerprint density at radius 2 is 1.68 bits per heavy atom. The Balaban J connectivity index is 2.29. The number of benzene rings is 2. The Hall–Kier alpha value is -2.47. The van der Waals surface area contributed by atoms with Crippen LogP contribution in [0.15, 0.2) is 42.5 Å². The summed E-state index contributed by atoms with van der Waals surface area (Å²) in [6.07, 6.45) is 1.60. The molecule has 0 N–H and O–H groups in total. The highest BCUT2D eigenvalue weighted by Gasteiger charge is 2.17. The van der Waals surface area contributed by atoms with E-state index < -0.39 is 0 Å². The lowest BCUT2D eigenvalue weighted by atomic mass is 9.91. The maximum Gasteiger partial charge on any atom is 0.123 e. The first-order valence-electron chi connectivity index (χ1n) is 7.41. The molecule has 2 aromatic rings. The average Bonchev–Trinajstić information content (AvgIpc) is 2.59. The minimum atomic E-state index is -0.227. The SMILES string of the molecule is CCc1ccc(OC)c(C(C#N)Cc2ccc(OC)cc2)c1. The zero-order valence-electron chi connectivity index (χ0n) is 13.3. The fourth-order valence-electron chi connectivity index (χ4n) is 2.50. The molecular weight excluding hydrogens is 274 g/mol. The molecule has 114 valence electrons. The first-order valence-corrected chi connectivity index (χ1v) is 7.41. The van der Waals surface area contributed by atoms with E-state index in [1.807, 2.05) is 36.4 Å². The number of hydrogen-bond donors (Lipinski definition) is 0. The molecule has 0 aliphatic rings. The quantitative estimate of drug-likeness (QED) is 0.805. The number of hydrogen-bond acceptors (Lipinski definition) is 3. The Labute approximate surface area is 132 Å². The highest BCUT2D eigenvalue weighted by Crippen LogP contribution is 2.30. The van der Waals surface area contributed by atoms with Crippen LogP contribution in [0.1, 0.15) is 29.5 Å². The van der Waals surface area contributed by atoms with Crippen molar-refractivity contribution in [1.82, 2.24) is 0 Å². The average molecular weight is 295 g/mol. The summed E-state index contributed by atoms with van der Waals surface area (Å²) in [5, 5.41) is 9.59. The molecule has 3 nitrogen and oxygen atoms in total. The van der Waals surface area contributed by atoms with E-state index in [2.05, 4.69) is 19.1 Å². The fraction of sp³-hybridized carbons (Fsp3) is 0.316. The fourth-order valence-corrected chi connectivity index (χ4v) is 2.50. The molecule has 2 aromatic carbocycles. The minimum Gasteiger partial charge on any atom is -0.497 e. The van der Waals surface area contributed by atoms with Crippen molar-refractivity contribution in [3.63, 3.8) is 0 Å². The van der Waals surface area contributed by atoms with E-state index >= 15 is 0 Å². The van der Waals surface area contributed by atoms with Gasteiger partial charge in [-0.25, -0.2) is 0 Å². The maximum atomic E-state index is 9.59. The van der Waals surface area contributed by atoms with Crippen LogP contribution in [0.25, 0.3) is 0 Å². The van der Waals surface area contributed by atoms with Crippen LogP contribution in [0.2, 0.25) is 0 Å². The molecule has 0 saturated heterocycles. The molecule has 1 unspecified atom stereocenters. The lowest BCUT2D eigenvalue weighted by Gasteiger charge is -2.15. The third-order valence-corrected chi connectivity index (χ3v) is 3.83. The summed E-state index contributed by atoms with van der Waals surface area (Å²) >= 11 is 0. The zero-order valence-corrected chi connectivity index (χ0v) is 13.3. The van der Waals surface area contributed by atoms with Crippen LogP contribution < -0.4 is 9.47 Å². The van der Waals surface area contributed by atoms with Gasteiger partial charge >= 0.3 is 0 Å². The summed E-state index contributed by atoms with van der Waals surface area (Å²) in [4.78, 5) is 0. The van der Waals surface area contributed by atoms with Crippen molar-refractivity contribution in [2.24, 2.45) is 0 Å². The number of nitriles is 1. The third kappa shape index (κ3) is 3.59. The van der Waals surface area contributed by atoms with Gasteiger partial charge < -0.3 is 9.47 Å². The van der Waals surface area contributed by atoms with Gasteiger partial charge in [0.1, 0.15) is 11.5 Å². The molecule has 0 aliphatic carbocycles. The lowest BCUT2D eigenvalue weighted by Crippen LogP contribution is -2.04. The van der Waals surface area contributed by atoms with Crippen LogP contribution >= 0.6 is 0 Å². The van der Waals surface area contributed by atoms with Gasteiger partial charge in [-0.3, -0.25) is 0 Å². The van der Waals surface area contributed by atoms with Crippen LogP contribution in [0, 0.1) is 11.3 Å². The van der Waals surface area contributed by atoms with Crippen LogP contribution in [0.5, 0.6) is 11.5 Å². The summed E-state index contributed by atoms with van der Waals surface area (Å²) in [5.41, 5.74) is 3.28. The van der Waals surface area contributed by atoms with Gasteiger partial charge in [-0.2, -0.15) is 5.26 Å². The zero-order chi connectivity index (χ0) is 15.9. The molecule has 22 heavy (non-hydrogen) atoms. The second-order valence-corrected chi connectivity index (χ2v) is 5.16. The van der Waals surface area contributed by atoms with Crippen LogP contribution in [0.3, 0.4) is 0 Å².